The predicted octanol–water partition coefficient (Wildman–Crippen LogP) is 0.341. The Labute approximate surface area is 96.5 Å². The van der Waals surface area contributed by atoms with Crippen LogP contribution in [-0.2, 0) is 0 Å². The predicted molar refractivity (Wildman–Crippen MR) is 66.0 cm³/mol. The van der Waals surface area contributed by atoms with Crippen LogP contribution in [0.5, 0.6) is 0 Å². The van der Waals surface area contributed by atoms with Crippen molar-refractivity contribution in [3.63, 3.8) is 0 Å². The van der Waals surface area contributed by atoms with Crippen LogP contribution in [0.3, 0.4) is 0 Å². The summed E-state index contributed by atoms with van der Waals surface area (Å²) in [6.45, 7) is 5.25. The Morgan fingerprint density at radius 2 is 2.25 bits per heavy atom. The lowest BCUT2D eigenvalue weighted by Gasteiger charge is -2.35. The molecule has 0 spiro atoms. The minimum Gasteiger partial charge on any atom is -0.363 e. The van der Waals surface area contributed by atoms with Crippen molar-refractivity contribution in [2.24, 2.45) is 0 Å². The molecule has 16 heavy (non-hydrogen) atoms. The molecule has 1 aliphatic heterocycles. The molecule has 0 aliphatic carbocycles. The normalized spacial score (nSPS) is 20.9. The summed E-state index contributed by atoms with van der Waals surface area (Å²) < 4.78 is 0. The van der Waals surface area contributed by atoms with Gasteiger partial charge in [-0.3, -0.25) is 0 Å². The third-order valence-corrected chi connectivity index (χ3v) is 2.89. The smallest absolute Gasteiger partial charge is 0.134 e. The Morgan fingerprint density at radius 1 is 1.44 bits per heavy atom. The zero-order chi connectivity index (χ0) is 11.5. The van der Waals surface area contributed by atoms with Crippen molar-refractivity contribution in [2.45, 2.75) is 13.0 Å². The average Bonchev–Trinajstić information content (AvgIpc) is 2.30. The van der Waals surface area contributed by atoms with E-state index in [0.717, 1.165) is 31.3 Å². The number of anilines is 2. The highest BCUT2D eigenvalue weighted by Crippen LogP contribution is 2.18. The summed E-state index contributed by atoms with van der Waals surface area (Å²) >= 11 is 0. The number of nitrogens with zero attached hydrogens (tertiary/aromatic N) is 4. The molecule has 1 N–H and O–H groups in total. The van der Waals surface area contributed by atoms with Gasteiger partial charge in [0.2, 0.25) is 0 Å². The number of rotatable bonds is 2. The Bertz CT molecular complexity index is 352. The molecule has 0 amide bonds. The van der Waals surface area contributed by atoms with Gasteiger partial charge in [0.05, 0.1) is 0 Å². The number of aromatic nitrogens is 2. The maximum absolute atomic E-state index is 4.36. The van der Waals surface area contributed by atoms with Gasteiger partial charge in [0, 0.05) is 45.8 Å². The lowest BCUT2D eigenvalue weighted by molar-refractivity contribution is 0.497. The molecule has 2 heterocycles. The summed E-state index contributed by atoms with van der Waals surface area (Å²) in [7, 11) is 3.99. The molecule has 1 saturated heterocycles. The van der Waals surface area contributed by atoms with Gasteiger partial charge < -0.3 is 15.1 Å². The molecular formula is C11H19N5. The quantitative estimate of drug-likeness (QED) is 0.780. The molecule has 88 valence electrons. The van der Waals surface area contributed by atoms with Gasteiger partial charge in [-0.2, -0.15) is 0 Å². The zero-order valence-corrected chi connectivity index (χ0v) is 10.1. The molecule has 1 atom stereocenters. The van der Waals surface area contributed by atoms with E-state index in [1.54, 1.807) is 6.33 Å². The molecule has 0 saturated carbocycles. The fourth-order valence-electron chi connectivity index (χ4n) is 1.92. The van der Waals surface area contributed by atoms with Crippen LogP contribution in [0.2, 0.25) is 0 Å². The highest BCUT2D eigenvalue weighted by Gasteiger charge is 2.19. The van der Waals surface area contributed by atoms with Crippen LogP contribution in [0.4, 0.5) is 11.6 Å². The fraction of sp³-hybridized carbons (Fsp3) is 0.636. The summed E-state index contributed by atoms with van der Waals surface area (Å²) in [5, 5.41) is 3.38. The summed E-state index contributed by atoms with van der Waals surface area (Å²) in [4.78, 5) is 12.9. The molecule has 0 bridgehead atoms. The number of hydrogen-bond acceptors (Lipinski definition) is 5. The van der Waals surface area contributed by atoms with Crippen molar-refractivity contribution < 1.29 is 0 Å². The largest absolute Gasteiger partial charge is 0.363 e. The number of piperazine rings is 1. The van der Waals surface area contributed by atoms with Gasteiger partial charge in [-0.05, 0) is 6.92 Å². The molecular weight excluding hydrogens is 202 g/mol. The van der Waals surface area contributed by atoms with E-state index >= 15 is 0 Å². The van der Waals surface area contributed by atoms with Crippen molar-refractivity contribution in [3.8, 4) is 0 Å². The molecule has 5 heteroatoms. The molecule has 2 rings (SSSR count). The first-order valence-corrected chi connectivity index (χ1v) is 5.65. The van der Waals surface area contributed by atoms with Crippen molar-refractivity contribution in [1.29, 1.82) is 0 Å². The third kappa shape index (κ3) is 2.24. The van der Waals surface area contributed by atoms with Crippen molar-refractivity contribution in [2.75, 3.05) is 43.5 Å². The van der Waals surface area contributed by atoms with E-state index < -0.39 is 0 Å². The van der Waals surface area contributed by atoms with E-state index in [0.29, 0.717) is 6.04 Å². The third-order valence-electron chi connectivity index (χ3n) is 2.89. The Hall–Kier alpha value is -1.36. The topological polar surface area (TPSA) is 44.3 Å². The summed E-state index contributed by atoms with van der Waals surface area (Å²) in [5.74, 6) is 1.98. The average molecular weight is 221 g/mol. The monoisotopic (exact) mass is 221 g/mol. The highest BCUT2D eigenvalue weighted by molar-refractivity contribution is 5.50. The summed E-state index contributed by atoms with van der Waals surface area (Å²) in [5.41, 5.74) is 0. The molecule has 0 aromatic carbocycles. The lowest BCUT2D eigenvalue weighted by atomic mass is 10.2. The number of hydrogen-bond donors (Lipinski definition) is 1. The van der Waals surface area contributed by atoms with Gasteiger partial charge in [-0.1, -0.05) is 0 Å². The van der Waals surface area contributed by atoms with Crippen molar-refractivity contribution in [1.82, 2.24) is 15.3 Å². The molecule has 5 nitrogen and oxygen atoms in total. The van der Waals surface area contributed by atoms with Crippen molar-refractivity contribution >= 4 is 11.6 Å². The van der Waals surface area contributed by atoms with Crippen molar-refractivity contribution in [3.05, 3.63) is 12.4 Å². The molecule has 1 aliphatic rings. The van der Waals surface area contributed by atoms with Crippen LogP contribution < -0.4 is 15.1 Å². The van der Waals surface area contributed by atoms with Crippen LogP contribution in [-0.4, -0.2) is 49.7 Å². The molecule has 0 radical (unpaired) electrons. The van der Waals surface area contributed by atoms with E-state index in [2.05, 4.69) is 27.1 Å². The van der Waals surface area contributed by atoms with Gasteiger partial charge in [0.1, 0.15) is 18.0 Å². The van der Waals surface area contributed by atoms with Gasteiger partial charge in [-0.25, -0.2) is 9.97 Å². The van der Waals surface area contributed by atoms with E-state index in [1.165, 1.54) is 0 Å². The van der Waals surface area contributed by atoms with E-state index in [4.69, 9.17) is 0 Å². The van der Waals surface area contributed by atoms with Crippen LogP contribution in [0.1, 0.15) is 6.92 Å². The first-order valence-electron chi connectivity index (χ1n) is 5.65. The van der Waals surface area contributed by atoms with E-state index in [9.17, 15) is 0 Å². The number of nitrogens with one attached hydrogen (secondary N) is 1. The standard InChI is InChI=1S/C11H19N5/c1-9-7-12-4-5-16(9)11-6-10(15(2)3)13-8-14-11/h6,8-9,12H,4-5,7H2,1-3H3/t9-/m1/s1. The lowest BCUT2D eigenvalue weighted by Crippen LogP contribution is -2.50. The molecule has 1 aromatic rings. The summed E-state index contributed by atoms with van der Waals surface area (Å²) in [6.07, 6.45) is 1.64. The van der Waals surface area contributed by atoms with Gasteiger partial charge in [0.15, 0.2) is 0 Å². The second-order valence-corrected chi connectivity index (χ2v) is 4.38. The second-order valence-electron chi connectivity index (χ2n) is 4.38. The van der Waals surface area contributed by atoms with Gasteiger partial charge in [0.25, 0.3) is 0 Å². The SMILES string of the molecule is C[C@@H]1CNCCN1c1cc(N(C)C)ncn1. The fourth-order valence-corrected chi connectivity index (χ4v) is 1.92. The first kappa shape index (κ1) is 11.1. The van der Waals surface area contributed by atoms with Crippen LogP contribution >= 0.6 is 0 Å². The summed E-state index contributed by atoms with van der Waals surface area (Å²) in [6, 6.07) is 2.53. The van der Waals surface area contributed by atoms with E-state index in [1.807, 2.05) is 25.1 Å². The maximum Gasteiger partial charge on any atom is 0.134 e. The van der Waals surface area contributed by atoms with Gasteiger partial charge in [-0.15, -0.1) is 0 Å². The van der Waals surface area contributed by atoms with Crippen LogP contribution in [0.15, 0.2) is 12.4 Å². The molecule has 0 unspecified atom stereocenters. The zero-order valence-electron chi connectivity index (χ0n) is 10.1. The molecule has 1 aromatic heterocycles. The minimum atomic E-state index is 0.485. The Kier molecular flexibility index (Phi) is 3.24. The highest BCUT2D eigenvalue weighted by atomic mass is 15.3. The maximum atomic E-state index is 4.36. The first-order chi connectivity index (χ1) is 7.68. The van der Waals surface area contributed by atoms with Gasteiger partial charge >= 0.3 is 0 Å². The minimum absolute atomic E-state index is 0.485. The van der Waals surface area contributed by atoms with Crippen LogP contribution in [0, 0.1) is 0 Å². The Morgan fingerprint density at radius 3 is 2.94 bits per heavy atom. The van der Waals surface area contributed by atoms with Crippen LogP contribution in [0.25, 0.3) is 0 Å². The van der Waals surface area contributed by atoms with E-state index in [-0.39, 0.29) is 0 Å². The second kappa shape index (κ2) is 4.65. The molecule has 1 fully saturated rings. The Balaban J connectivity index is 2.21.